The molecule has 2 radical (unpaired) electrons. The van der Waals surface area contributed by atoms with Crippen LogP contribution >= 0.6 is 0 Å². The van der Waals surface area contributed by atoms with Crippen molar-refractivity contribution in [2.24, 2.45) is 5.92 Å². The lowest BCUT2D eigenvalue weighted by molar-refractivity contribution is -0.0724. The Bertz CT molecular complexity index is 149. The van der Waals surface area contributed by atoms with E-state index in [-0.39, 0.29) is 5.92 Å². The zero-order valence-electron chi connectivity index (χ0n) is 6.73. The summed E-state index contributed by atoms with van der Waals surface area (Å²) in [6, 6.07) is 0. The lowest BCUT2D eigenvalue weighted by Gasteiger charge is -2.20. The Balaban J connectivity index is 2.34. The standard InChI is InChI=1S/C7H11BO2/c8-3-1-6-2-4-10-7(9)5-6/h2,4,6-7,9H,1,3,5H2/i3D. The van der Waals surface area contributed by atoms with Gasteiger partial charge in [-0.05, 0) is 12.0 Å². The Kier molecular flexibility index (Phi) is 2.30. The normalized spacial score (nSPS) is 36.3. The van der Waals surface area contributed by atoms with Gasteiger partial charge in [0.25, 0.3) is 0 Å². The van der Waals surface area contributed by atoms with Crippen molar-refractivity contribution in [2.45, 2.75) is 25.4 Å². The third-order valence-corrected chi connectivity index (χ3v) is 1.53. The van der Waals surface area contributed by atoms with Crippen LogP contribution in [0.3, 0.4) is 0 Å². The molecule has 0 bridgehead atoms. The van der Waals surface area contributed by atoms with Gasteiger partial charge in [0.1, 0.15) is 0 Å². The Labute approximate surface area is 63.7 Å². The Morgan fingerprint density at radius 1 is 1.90 bits per heavy atom. The van der Waals surface area contributed by atoms with Gasteiger partial charge < -0.3 is 9.84 Å². The Hall–Kier alpha value is -0.435. The number of hydrogen-bond acceptors (Lipinski definition) is 2. The first kappa shape index (κ1) is 6.29. The van der Waals surface area contributed by atoms with Crippen LogP contribution in [0.1, 0.15) is 14.2 Å². The second-order valence-electron chi connectivity index (χ2n) is 2.39. The molecule has 0 saturated heterocycles. The molecule has 0 aromatic carbocycles. The van der Waals surface area contributed by atoms with Crippen LogP contribution < -0.4 is 0 Å². The molecule has 1 rings (SSSR count). The molecule has 2 nitrogen and oxygen atoms in total. The van der Waals surface area contributed by atoms with Gasteiger partial charge in [-0.2, -0.15) is 0 Å². The molecule has 0 saturated carbocycles. The molecule has 0 aliphatic carbocycles. The van der Waals surface area contributed by atoms with E-state index in [0.717, 1.165) is 0 Å². The average molecular weight is 139 g/mol. The van der Waals surface area contributed by atoms with E-state index in [4.69, 9.17) is 19.1 Å². The minimum atomic E-state index is -0.719. The molecule has 0 amide bonds. The highest BCUT2D eigenvalue weighted by atomic mass is 16.6. The van der Waals surface area contributed by atoms with Crippen LogP contribution in [0.2, 0.25) is 6.30 Å². The molecule has 0 spiro atoms. The Morgan fingerprint density at radius 3 is 3.30 bits per heavy atom. The summed E-state index contributed by atoms with van der Waals surface area (Å²) in [5.74, 6) is 0.186. The van der Waals surface area contributed by atoms with E-state index in [1.807, 2.05) is 6.08 Å². The smallest absolute Gasteiger partial charge is 0.197 e. The maximum Gasteiger partial charge on any atom is 0.197 e. The van der Waals surface area contributed by atoms with Crippen LogP contribution in [0.15, 0.2) is 12.3 Å². The summed E-state index contributed by atoms with van der Waals surface area (Å²) in [6.45, 7) is 0. The minimum Gasteiger partial charge on any atom is -0.473 e. The number of hydrogen-bond donors (Lipinski definition) is 1. The highest BCUT2D eigenvalue weighted by Gasteiger charge is 2.14. The number of allylic oxidation sites excluding steroid dienone is 1. The summed E-state index contributed by atoms with van der Waals surface area (Å²) in [5.41, 5.74) is 0. The molecule has 1 heterocycles. The zero-order valence-corrected chi connectivity index (χ0v) is 5.73. The van der Waals surface area contributed by atoms with Crippen molar-refractivity contribution in [2.75, 3.05) is 0 Å². The van der Waals surface area contributed by atoms with E-state index in [2.05, 4.69) is 0 Å². The quantitative estimate of drug-likeness (QED) is 0.574. The number of rotatable bonds is 2. The monoisotopic (exact) mass is 139 g/mol. The molecule has 3 unspecified atom stereocenters. The summed E-state index contributed by atoms with van der Waals surface area (Å²) in [4.78, 5) is 0. The third kappa shape index (κ3) is 2.07. The predicted molar refractivity (Wildman–Crippen MR) is 39.5 cm³/mol. The van der Waals surface area contributed by atoms with Gasteiger partial charge in [-0.25, -0.2) is 0 Å². The van der Waals surface area contributed by atoms with Gasteiger partial charge in [-0.15, -0.1) is 0 Å². The van der Waals surface area contributed by atoms with Crippen LogP contribution in [0.25, 0.3) is 0 Å². The topological polar surface area (TPSA) is 29.5 Å². The fourth-order valence-electron chi connectivity index (χ4n) is 0.990. The number of aliphatic hydroxyl groups is 1. The molecule has 1 aliphatic heterocycles. The average Bonchev–Trinajstić information content (AvgIpc) is 1.85. The lowest BCUT2D eigenvalue weighted by Crippen LogP contribution is -2.17. The first-order valence-electron chi connectivity index (χ1n) is 3.94. The van der Waals surface area contributed by atoms with Crippen molar-refractivity contribution in [1.29, 1.82) is 0 Å². The van der Waals surface area contributed by atoms with Crippen molar-refractivity contribution in [3.05, 3.63) is 12.3 Å². The van der Waals surface area contributed by atoms with E-state index >= 15 is 0 Å². The van der Waals surface area contributed by atoms with E-state index in [9.17, 15) is 0 Å². The Morgan fingerprint density at radius 2 is 2.70 bits per heavy atom. The van der Waals surface area contributed by atoms with E-state index < -0.39 is 12.6 Å². The fourth-order valence-corrected chi connectivity index (χ4v) is 0.990. The largest absolute Gasteiger partial charge is 0.473 e. The summed E-state index contributed by atoms with van der Waals surface area (Å²) in [5, 5.41) is 9.02. The molecule has 54 valence electrons. The summed E-state index contributed by atoms with van der Waals surface area (Å²) < 4.78 is 11.9. The van der Waals surface area contributed by atoms with Gasteiger partial charge in [0.15, 0.2) is 6.29 Å². The zero-order chi connectivity index (χ0) is 8.27. The molecule has 0 aromatic rings. The van der Waals surface area contributed by atoms with Crippen molar-refractivity contribution in [1.82, 2.24) is 0 Å². The van der Waals surface area contributed by atoms with Crippen molar-refractivity contribution >= 4 is 7.85 Å². The fraction of sp³-hybridized carbons (Fsp3) is 0.714. The van der Waals surface area contributed by atoms with Gasteiger partial charge in [0, 0.05) is 7.79 Å². The third-order valence-electron chi connectivity index (χ3n) is 1.53. The second kappa shape index (κ2) is 3.66. The second-order valence-corrected chi connectivity index (χ2v) is 2.39. The molecule has 10 heavy (non-hydrogen) atoms. The van der Waals surface area contributed by atoms with Crippen LogP contribution in [0.4, 0.5) is 0 Å². The molecule has 3 heteroatoms. The van der Waals surface area contributed by atoms with Gasteiger partial charge in [0.2, 0.25) is 0 Å². The highest BCUT2D eigenvalue weighted by Crippen LogP contribution is 2.19. The highest BCUT2D eigenvalue weighted by molar-refractivity contribution is 6.08. The van der Waals surface area contributed by atoms with Gasteiger partial charge in [-0.1, -0.05) is 12.7 Å². The molecular weight excluding hydrogens is 127 g/mol. The van der Waals surface area contributed by atoms with Crippen molar-refractivity contribution < 1.29 is 11.2 Å². The molecule has 0 aromatic heterocycles. The summed E-state index contributed by atoms with van der Waals surface area (Å²) in [7, 11) is 5.28. The van der Waals surface area contributed by atoms with E-state index in [1.165, 1.54) is 6.26 Å². The molecule has 1 aliphatic rings. The van der Waals surface area contributed by atoms with Gasteiger partial charge >= 0.3 is 0 Å². The van der Waals surface area contributed by atoms with Crippen LogP contribution in [0, 0.1) is 5.92 Å². The first-order valence-corrected chi connectivity index (χ1v) is 3.36. The van der Waals surface area contributed by atoms with Crippen molar-refractivity contribution in [3.8, 4) is 0 Å². The van der Waals surface area contributed by atoms with E-state index in [0.29, 0.717) is 12.8 Å². The SMILES string of the molecule is [2H]C([B])CC1C=COC(O)C1. The van der Waals surface area contributed by atoms with Crippen LogP contribution in [-0.4, -0.2) is 19.2 Å². The van der Waals surface area contributed by atoms with E-state index in [1.54, 1.807) is 0 Å². The molecule has 0 fully saturated rings. The maximum absolute atomic E-state index is 9.02. The predicted octanol–water partition coefficient (Wildman–Crippen LogP) is 0.832. The van der Waals surface area contributed by atoms with Gasteiger partial charge in [0.05, 0.1) is 14.1 Å². The summed E-state index contributed by atoms with van der Waals surface area (Å²) >= 11 is 0. The lowest BCUT2D eigenvalue weighted by atomic mass is 9.90. The number of aliphatic hydroxyl groups excluding tert-OH is 1. The van der Waals surface area contributed by atoms with Crippen molar-refractivity contribution in [3.63, 3.8) is 0 Å². The van der Waals surface area contributed by atoms with Crippen LogP contribution in [0.5, 0.6) is 0 Å². The van der Waals surface area contributed by atoms with Gasteiger partial charge in [-0.3, -0.25) is 0 Å². The molecule has 1 N–H and O–H groups in total. The van der Waals surface area contributed by atoms with Crippen LogP contribution in [-0.2, 0) is 4.74 Å². The summed E-state index contributed by atoms with van der Waals surface area (Å²) in [6.07, 6.45) is 3.15. The first-order chi connectivity index (χ1) is 5.18. The number of ether oxygens (including phenoxy) is 1. The maximum atomic E-state index is 9.02. The molecule has 3 atom stereocenters. The minimum absolute atomic E-state index is 0.186. The molecular formula is C7H11BO2.